The molecule has 1 saturated carbocycles. The van der Waals surface area contributed by atoms with E-state index in [0.717, 1.165) is 53.8 Å². The molecule has 6 rings (SSSR count). The number of hydrogen-bond acceptors (Lipinski definition) is 8. The highest BCUT2D eigenvalue weighted by molar-refractivity contribution is 5.91. The largest absolute Gasteiger partial charge is 0.351 e. The van der Waals surface area contributed by atoms with E-state index in [1.54, 1.807) is 32.9 Å². The lowest BCUT2D eigenvalue weighted by atomic mass is 9.90. The van der Waals surface area contributed by atoms with Gasteiger partial charge in [-0.05, 0) is 56.4 Å². The molecule has 2 N–H and O–H groups in total. The first-order valence-electron chi connectivity index (χ1n) is 15.0. The van der Waals surface area contributed by atoms with Crippen LogP contribution in [0, 0.1) is 18.3 Å². The lowest BCUT2D eigenvalue weighted by Crippen LogP contribution is -2.49. The van der Waals surface area contributed by atoms with E-state index >= 15 is 0 Å². The minimum absolute atomic E-state index is 0.0366. The van der Waals surface area contributed by atoms with Crippen LogP contribution in [-0.2, 0) is 20.6 Å². The maximum Gasteiger partial charge on any atom is 0.323 e. The summed E-state index contributed by atoms with van der Waals surface area (Å²) in [6.07, 6.45) is 10.2. The van der Waals surface area contributed by atoms with Crippen molar-refractivity contribution in [2.45, 2.75) is 51.2 Å². The molecule has 228 valence electrons. The van der Waals surface area contributed by atoms with Gasteiger partial charge in [-0.3, -0.25) is 14.3 Å². The highest BCUT2D eigenvalue weighted by Crippen LogP contribution is 2.30. The quantitative estimate of drug-likeness (QED) is 0.253. The van der Waals surface area contributed by atoms with E-state index in [1.807, 2.05) is 75.7 Å². The Kier molecular flexibility index (Phi) is 8.50. The Balaban J connectivity index is 1.17. The summed E-state index contributed by atoms with van der Waals surface area (Å²) in [6, 6.07) is 17.8. The summed E-state index contributed by atoms with van der Waals surface area (Å²) in [5, 5.41) is 24.9. The third-order valence-electron chi connectivity index (χ3n) is 8.09. The molecule has 1 aliphatic rings. The van der Waals surface area contributed by atoms with E-state index in [9.17, 15) is 10.1 Å². The minimum atomic E-state index is -0.177. The zero-order chi connectivity index (χ0) is 31.3. The van der Waals surface area contributed by atoms with Crippen molar-refractivity contribution in [2.24, 2.45) is 14.1 Å². The average molecular weight is 602 g/mol. The first-order valence-corrected chi connectivity index (χ1v) is 15.0. The normalized spacial score (nSPS) is 16.1. The summed E-state index contributed by atoms with van der Waals surface area (Å²) in [6.45, 7) is 2.33. The Labute approximate surface area is 261 Å². The number of hydrogen-bond donors (Lipinski definition) is 2. The summed E-state index contributed by atoms with van der Waals surface area (Å²) in [7, 11) is 3.71. The third-order valence-corrected chi connectivity index (χ3v) is 8.09. The van der Waals surface area contributed by atoms with Gasteiger partial charge in [-0.15, -0.1) is 0 Å². The van der Waals surface area contributed by atoms with Gasteiger partial charge in [0.05, 0.1) is 29.3 Å². The maximum absolute atomic E-state index is 13.7. The van der Waals surface area contributed by atoms with Crippen LogP contribution in [0.1, 0.15) is 42.5 Å². The average Bonchev–Trinajstić information content (AvgIpc) is 3.65. The van der Waals surface area contributed by atoms with Gasteiger partial charge >= 0.3 is 6.03 Å². The SMILES string of the molecule is Cc1cc(-c2nc(N[C@H]3CC[C@H](N(C(=O)NCc4ccccc4)c4ccc(-c5cnn(C)c5)cn4)CC3)ncc2C#N)n(C)n1. The van der Waals surface area contributed by atoms with Crippen molar-refractivity contribution in [1.29, 1.82) is 5.26 Å². The van der Waals surface area contributed by atoms with E-state index in [1.165, 1.54) is 0 Å². The number of nitrogens with one attached hydrogen (secondary N) is 2. The number of amides is 2. The summed E-state index contributed by atoms with van der Waals surface area (Å²) < 4.78 is 3.48. The first kappa shape index (κ1) is 29.5. The van der Waals surface area contributed by atoms with Crippen molar-refractivity contribution in [3.8, 4) is 28.6 Å². The molecule has 4 aromatic heterocycles. The fraction of sp³-hybridized carbons (Fsp3) is 0.303. The van der Waals surface area contributed by atoms with Crippen LogP contribution in [0.25, 0.3) is 22.5 Å². The van der Waals surface area contributed by atoms with Gasteiger partial charge in [0.15, 0.2) is 0 Å². The molecule has 1 fully saturated rings. The smallest absolute Gasteiger partial charge is 0.323 e. The highest BCUT2D eigenvalue weighted by Gasteiger charge is 2.31. The van der Waals surface area contributed by atoms with Crippen molar-refractivity contribution in [2.75, 3.05) is 10.2 Å². The second-order valence-electron chi connectivity index (χ2n) is 11.3. The molecule has 5 aromatic rings. The molecule has 45 heavy (non-hydrogen) atoms. The summed E-state index contributed by atoms with van der Waals surface area (Å²) >= 11 is 0. The van der Waals surface area contributed by atoms with Crippen molar-refractivity contribution >= 4 is 17.8 Å². The number of rotatable bonds is 8. The summed E-state index contributed by atoms with van der Waals surface area (Å²) in [4.78, 5) is 29.3. The Morgan fingerprint density at radius 1 is 1.02 bits per heavy atom. The van der Waals surface area contributed by atoms with Gasteiger partial charge < -0.3 is 10.6 Å². The van der Waals surface area contributed by atoms with Crippen LogP contribution in [0.2, 0.25) is 0 Å². The van der Waals surface area contributed by atoms with E-state index in [0.29, 0.717) is 29.6 Å². The number of anilines is 2. The monoisotopic (exact) mass is 601 g/mol. The van der Waals surface area contributed by atoms with Crippen LogP contribution in [0.3, 0.4) is 0 Å². The standard InChI is InChI=1S/C33H35N11O/c1-22-15-29(43(3)41-22)31-25(16-34)19-36-32(40-31)39-27-10-12-28(13-11-27)44(33(45)37-17-23-7-5-4-6-8-23)30-14-9-24(18-35-30)26-20-38-42(2)21-26/h4-9,14-15,18-21,27-28H,10-13,17H2,1-3H3,(H,37,45)(H,36,39,40)/t27-,28-. The van der Waals surface area contributed by atoms with Gasteiger partial charge in [0, 0.05) is 56.2 Å². The second-order valence-corrected chi connectivity index (χ2v) is 11.3. The molecule has 1 aliphatic carbocycles. The van der Waals surface area contributed by atoms with Gasteiger partial charge in [0.1, 0.15) is 17.6 Å². The second kappa shape index (κ2) is 13.0. The van der Waals surface area contributed by atoms with Crippen LogP contribution < -0.4 is 15.5 Å². The Bertz CT molecular complexity index is 1810. The summed E-state index contributed by atoms with van der Waals surface area (Å²) in [5.74, 6) is 1.08. The molecular weight excluding hydrogens is 566 g/mol. The van der Waals surface area contributed by atoms with Crippen LogP contribution >= 0.6 is 0 Å². The molecule has 0 aliphatic heterocycles. The van der Waals surface area contributed by atoms with E-state index in [-0.39, 0.29) is 18.1 Å². The molecule has 12 heteroatoms. The zero-order valence-electron chi connectivity index (χ0n) is 25.6. The van der Waals surface area contributed by atoms with Crippen LogP contribution in [0.15, 0.2) is 73.3 Å². The van der Waals surface area contributed by atoms with Crippen LogP contribution in [-0.4, -0.2) is 52.6 Å². The van der Waals surface area contributed by atoms with Gasteiger partial charge in [0.2, 0.25) is 5.95 Å². The molecule has 2 amide bonds. The lowest BCUT2D eigenvalue weighted by Gasteiger charge is -2.36. The van der Waals surface area contributed by atoms with E-state index in [4.69, 9.17) is 9.97 Å². The minimum Gasteiger partial charge on any atom is -0.351 e. The molecular formula is C33H35N11O. The predicted octanol–water partition coefficient (Wildman–Crippen LogP) is 4.99. The topological polar surface area (TPSA) is 142 Å². The molecule has 4 heterocycles. The number of carbonyl (C=O) groups excluding carboxylic acids is 1. The Hall–Kier alpha value is -5.57. The lowest BCUT2D eigenvalue weighted by molar-refractivity contribution is 0.240. The number of benzene rings is 1. The van der Waals surface area contributed by atoms with Crippen molar-refractivity contribution in [3.05, 3.63) is 90.1 Å². The number of nitriles is 1. The highest BCUT2D eigenvalue weighted by atomic mass is 16.2. The predicted molar refractivity (Wildman–Crippen MR) is 171 cm³/mol. The van der Waals surface area contributed by atoms with Crippen molar-refractivity contribution in [1.82, 2.24) is 39.8 Å². The molecule has 0 radical (unpaired) electrons. The van der Waals surface area contributed by atoms with Crippen LogP contribution in [0.5, 0.6) is 0 Å². The van der Waals surface area contributed by atoms with Gasteiger partial charge in [-0.1, -0.05) is 30.3 Å². The fourth-order valence-electron chi connectivity index (χ4n) is 5.81. The molecule has 0 atom stereocenters. The first-order chi connectivity index (χ1) is 21.9. The number of pyridine rings is 1. The Morgan fingerprint density at radius 3 is 2.47 bits per heavy atom. The summed E-state index contributed by atoms with van der Waals surface area (Å²) in [5.41, 5.74) is 5.49. The van der Waals surface area contributed by atoms with Gasteiger partial charge in [-0.25, -0.2) is 19.7 Å². The number of aromatic nitrogens is 7. The number of urea groups is 1. The molecule has 1 aromatic carbocycles. The van der Waals surface area contributed by atoms with Gasteiger partial charge in [-0.2, -0.15) is 15.5 Å². The number of nitrogens with zero attached hydrogens (tertiary/aromatic N) is 9. The van der Waals surface area contributed by atoms with Crippen LogP contribution in [0.4, 0.5) is 16.6 Å². The number of aryl methyl sites for hydroxylation is 3. The van der Waals surface area contributed by atoms with E-state index < -0.39 is 0 Å². The Morgan fingerprint density at radius 2 is 1.82 bits per heavy atom. The molecule has 0 spiro atoms. The van der Waals surface area contributed by atoms with Crippen molar-refractivity contribution in [3.63, 3.8) is 0 Å². The molecule has 0 unspecified atom stereocenters. The zero-order valence-corrected chi connectivity index (χ0v) is 25.6. The third kappa shape index (κ3) is 6.67. The molecule has 0 bridgehead atoms. The van der Waals surface area contributed by atoms with Gasteiger partial charge in [0.25, 0.3) is 0 Å². The van der Waals surface area contributed by atoms with Crippen molar-refractivity contribution < 1.29 is 4.79 Å². The van der Waals surface area contributed by atoms with E-state index in [2.05, 4.69) is 31.9 Å². The number of carbonyl (C=O) groups is 1. The fourth-order valence-corrected chi connectivity index (χ4v) is 5.81. The molecule has 0 saturated heterocycles. The molecule has 12 nitrogen and oxygen atoms in total. The maximum atomic E-state index is 13.7.